The molecule has 6 nitrogen and oxygen atoms in total. The highest BCUT2D eigenvalue weighted by Gasteiger charge is 2.29. The van der Waals surface area contributed by atoms with Crippen LogP contribution in [0.5, 0.6) is 0 Å². The number of hydrogen-bond donors (Lipinski definition) is 0. The summed E-state index contributed by atoms with van der Waals surface area (Å²) in [6, 6.07) is 5.87. The molecule has 1 saturated heterocycles. The number of halogens is 1. The van der Waals surface area contributed by atoms with E-state index in [0.717, 1.165) is 21.4 Å². The summed E-state index contributed by atoms with van der Waals surface area (Å²) in [5.74, 6) is -0.0716. The first-order chi connectivity index (χ1) is 12.2. The molecule has 0 saturated carbocycles. The average molecular weight is 422 g/mol. The molecule has 1 aromatic heterocycles. The number of aromatic nitrogens is 2. The highest BCUT2D eigenvalue weighted by molar-refractivity contribution is 9.10. The van der Waals surface area contributed by atoms with Crippen LogP contribution in [0.15, 0.2) is 35.1 Å². The van der Waals surface area contributed by atoms with Crippen molar-refractivity contribution in [2.75, 3.05) is 18.1 Å². The maximum absolute atomic E-state index is 12.3. The normalized spacial score (nSPS) is 17.3. The molecular weight excluding hydrogens is 398 g/mol. The van der Waals surface area contributed by atoms with Gasteiger partial charge in [0.1, 0.15) is 0 Å². The Balaban J connectivity index is 1.78. The van der Waals surface area contributed by atoms with E-state index in [4.69, 9.17) is 9.47 Å². The van der Waals surface area contributed by atoms with Gasteiger partial charge in [0.05, 0.1) is 37.3 Å². The lowest BCUT2D eigenvalue weighted by molar-refractivity contribution is -0.227. The van der Waals surface area contributed by atoms with E-state index < -0.39 is 0 Å². The van der Waals surface area contributed by atoms with Gasteiger partial charge in [-0.15, -0.1) is 0 Å². The number of carbonyl (C=O) groups excluding carboxylic acids is 1. The Labute approximate surface area is 162 Å². The van der Waals surface area contributed by atoms with Crippen LogP contribution in [-0.2, 0) is 20.8 Å². The van der Waals surface area contributed by atoms with E-state index in [1.165, 1.54) is 0 Å². The lowest BCUT2D eigenvalue weighted by Crippen LogP contribution is -2.39. The van der Waals surface area contributed by atoms with E-state index in [1.54, 1.807) is 22.7 Å². The Kier molecular flexibility index (Phi) is 5.50. The van der Waals surface area contributed by atoms with E-state index >= 15 is 0 Å². The molecule has 2 heterocycles. The molecule has 0 atom stereocenters. The highest BCUT2D eigenvalue weighted by Crippen LogP contribution is 2.31. The number of hydrogen-bond acceptors (Lipinski definition) is 4. The highest BCUT2D eigenvalue weighted by atomic mass is 79.9. The Bertz CT molecular complexity index is 793. The van der Waals surface area contributed by atoms with Crippen LogP contribution < -0.4 is 4.90 Å². The minimum atomic E-state index is -0.325. The molecule has 140 valence electrons. The molecule has 3 rings (SSSR count). The number of amides is 1. The Hall–Kier alpha value is -1.70. The number of ether oxygens (including phenoxy) is 2. The lowest BCUT2D eigenvalue weighted by atomic mass is 9.96. The van der Waals surface area contributed by atoms with Gasteiger partial charge >= 0.3 is 0 Å². The molecule has 2 aromatic rings. The fourth-order valence-corrected chi connectivity index (χ4v) is 3.22. The summed E-state index contributed by atoms with van der Waals surface area (Å²) >= 11 is 3.47. The fraction of sp³-hybridized carbons (Fsp3) is 0.474. The molecule has 0 unspecified atom stereocenters. The molecule has 0 aliphatic carbocycles. The van der Waals surface area contributed by atoms with Crippen molar-refractivity contribution >= 4 is 33.2 Å². The zero-order valence-electron chi connectivity index (χ0n) is 15.5. The fourth-order valence-electron chi connectivity index (χ4n) is 2.87. The van der Waals surface area contributed by atoms with Gasteiger partial charge < -0.3 is 9.47 Å². The number of rotatable bonds is 4. The maximum atomic E-state index is 12.3. The number of anilines is 2. The third kappa shape index (κ3) is 4.34. The smallest absolute Gasteiger partial charge is 0.228 e. The second kappa shape index (κ2) is 7.50. The molecule has 0 radical (unpaired) electrons. The number of benzene rings is 1. The molecule has 1 fully saturated rings. The summed E-state index contributed by atoms with van der Waals surface area (Å²) in [6.07, 6.45) is 3.21. The molecule has 1 aliphatic heterocycles. The van der Waals surface area contributed by atoms with Crippen molar-refractivity contribution < 1.29 is 14.3 Å². The zero-order valence-corrected chi connectivity index (χ0v) is 17.1. The average Bonchev–Trinajstić information content (AvgIpc) is 3.01. The van der Waals surface area contributed by atoms with Crippen molar-refractivity contribution in [3.05, 3.63) is 40.6 Å². The summed E-state index contributed by atoms with van der Waals surface area (Å²) in [4.78, 5) is 14.0. The topological polar surface area (TPSA) is 56.6 Å². The Morgan fingerprint density at radius 1 is 1.38 bits per heavy atom. The first kappa shape index (κ1) is 19.1. The summed E-state index contributed by atoms with van der Waals surface area (Å²) in [6.45, 7) is 9.55. The Morgan fingerprint density at radius 3 is 2.73 bits per heavy atom. The second-order valence-corrected chi connectivity index (χ2v) is 8.34. The number of nitrogens with zero attached hydrogens (tertiary/aromatic N) is 3. The molecule has 1 aromatic carbocycles. The second-order valence-electron chi connectivity index (χ2n) is 7.42. The standard InChI is InChI=1S/C19H24BrN3O3/c1-13-5-6-15(20)7-17(13)23(14(2)24)16-8-21-22(9-16)10-18-25-11-19(3,4)12-26-18/h5-9,18H,10-12H2,1-4H3. The molecule has 1 aliphatic rings. The largest absolute Gasteiger partial charge is 0.350 e. The molecule has 0 N–H and O–H groups in total. The van der Waals surface area contributed by atoms with Crippen LogP contribution in [0.3, 0.4) is 0 Å². The monoisotopic (exact) mass is 421 g/mol. The van der Waals surface area contributed by atoms with Crippen LogP contribution >= 0.6 is 15.9 Å². The van der Waals surface area contributed by atoms with Crippen LogP contribution in [0.25, 0.3) is 0 Å². The van der Waals surface area contributed by atoms with Crippen LogP contribution in [0.1, 0.15) is 26.3 Å². The van der Waals surface area contributed by atoms with Crippen molar-refractivity contribution in [2.45, 2.75) is 40.5 Å². The van der Waals surface area contributed by atoms with Crippen molar-refractivity contribution in [3.63, 3.8) is 0 Å². The van der Waals surface area contributed by atoms with Gasteiger partial charge in [-0.2, -0.15) is 5.10 Å². The lowest BCUT2D eigenvalue weighted by Gasteiger charge is -2.34. The van der Waals surface area contributed by atoms with Crippen LogP contribution in [-0.4, -0.2) is 35.2 Å². The predicted octanol–water partition coefficient (Wildman–Crippen LogP) is 4.04. The summed E-state index contributed by atoms with van der Waals surface area (Å²) < 4.78 is 14.2. The number of aryl methyl sites for hydroxylation is 1. The van der Waals surface area contributed by atoms with Gasteiger partial charge in [-0.05, 0) is 24.6 Å². The third-order valence-electron chi connectivity index (χ3n) is 4.26. The van der Waals surface area contributed by atoms with Gasteiger partial charge in [0, 0.05) is 23.0 Å². The van der Waals surface area contributed by atoms with Gasteiger partial charge in [-0.25, -0.2) is 0 Å². The third-order valence-corrected chi connectivity index (χ3v) is 4.75. The van der Waals surface area contributed by atoms with E-state index in [-0.39, 0.29) is 17.6 Å². The summed E-state index contributed by atoms with van der Waals surface area (Å²) in [5, 5.41) is 4.38. The van der Waals surface area contributed by atoms with Crippen molar-refractivity contribution in [3.8, 4) is 0 Å². The van der Waals surface area contributed by atoms with Gasteiger partial charge in [0.25, 0.3) is 0 Å². The van der Waals surface area contributed by atoms with Gasteiger partial charge in [0.2, 0.25) is 5.91 Å². The minimum Gasteiger partial charge on any atom is -0.350 e. The quantitative estimate of drug-likeness (QED) is 0.747. The maximum Gasteiger partial charge on any atom is 0.228 e. The molecule has 26 heavy (non-hydrogen) atoms. The SMILES string of the molecule is CC(=O)N(c1cnn(CC2OCC(C)(C)CO2)c1)c1cc(Br)ccc1C. The molecular formula is C19H24BrN3O3. The summed E-state index contributed by atoms with van der Waals surface area (Å²) in [5.41, 5.74) is 2.60. The van der Waals surface area contributed by atoms with Crippen molar-refractivity contribution in [2.24, 2.45) is 5.41 Å². The predicted molar refractivity (Wildman–Crippen MR) is 103 cm³/mol. The minimum absolute atomic E-state index is 0.0371. The van der Waals surface area contributed by atoms with E-state index in [2.05, 4.69) is 34.9 Å². The van der Waals surface area contributed by atoms with Crippen LogP contribution in [0, 0.1) is 12.3 Å². The molecule has 0 spiro atoms. The summed E-state index contributed by atoms with van der Waals surface area (Å²) in [7, 11) is 0. The van der Waals surface area contributed by atoms with E-state index in [0.29, 0.717) is 19.8 Å². The van der Waals surface area contributed by atoms with Crippen molar-refractivity contribution in [1.29, 1.82) is 0 Å². The molecule has 7 heteroatoms. The van der Waals surface area contributed by atoms with Crippen molar-refractivity contribution in [1.82, 2.24) is 9.78 Å². The van der Waals surface area contributed by atoms with Gasteiger partial charge in [0.15, 0.2) is 6.29 Å². The van der Waals surface area contributed by atoms with Gasteiger partial charge in [-0.3, -0.25) is 14.4 Å². The number of carbonyl (C=O) groups is 1. The molecule has 1 amide bonds. The van der Waals surface area contributed by atoms with Crippen LogP contribution in [0.4, 0.5) is 11.4 Å². The van der Waals surface area contributed by atoms with Crippen LogP contribution in [0.2, 0.25) is 0 Å². The molecule has 0 bridgehead atoms. The van der Waals surface area contributed by atoms with Gasteiger partial charge in [-0.1, -0.05) is 35.8 Å². The Morgan fingerprint density at radius 2 is 2.08 bits per heavy atom. The zero-order chi connectivity index (χ0) is 18.9. The van der Waals surface area contributed by atoms with E-state index in [9.17, 15) is 4.79 Å². The van der Waals surface area contributed by atoms with E-state index in [1.807, 2.05) is 31.3 Å². The first-order valence-electron chi connectivity index (χ1n) is 8.58. The first-order valence-corrected chi connectivity index (χ1v) is 9.37.